The van der Waals surface area contributed by atoms with E-state index in [-0.39, 0.29) is 12.5 Å². The molecule has 0 unspecified atom stereocenters. The third-order valence-corrected chi connectivity index (χ3v) is 2.95. The molecule has 21 heavy (non-hydrogen) atoms. The summed E-state index contributed by atoms with van der Waals surface area (Å²) in [6.45, 7) is 4.70. The fourth-order valence-corrected chi connectivity index (χ4v) is 1.78. The van der Waals surface area contributed by atoms with Gasteiger partial charge in [-0.25, -0.2) is 5.43 Å². The number of ether oxygens (including phenoxy) is 1. The third kappa shape index (κ3) is 4.17. The normalized spacial score (nSPS) is 10.8. The van der Waals surface area contributed by atoms with E-state index in [1.165, 1.54) is 0 Å². The molecule has 1 aromatic carbocycles. The first-order chi connectivity index (χ1) is 10.2. The van der Waals surface area contributed by atoms with Crippen LogP contribution in [0.15, 0.2) is 41.6 Å². The van der Waals surface area contributed by atoms with Crippen LogP contribution in [-0.4, -0.2) is 28.5 Å². The number of aromatic nitrogens is 2. The molecule has 6 nitrogen and oxygen atoms in total. The number of hydrogen-bond acceptors (Lipinski definition) is 4. The Balaban J connectivity index is 1.80. The van der Waals surface area contributed by atoms with Crippen LogP contribution < -0.4 is 10.2 Å². The van der Waals surface area contributed by atoms with Crippen LogP contribution in [0.5, 0.6) is 5.75 Å². The molecule has 1 N–H and O–H groups in total. The van der Waals surface area contributed by atoms with Gasteiger partial charge in [0.15, 0.2) is 6.61 Å². The zero-order valence-electron chi connectivity index (χ0n) is 12.1. The number of hydrogen-bond donors (Lipinski definition) is 1. The van der Waals surface area contributed by atoms with E-state index in [1.54, 1.807) is 24.5 Å². The monoisotopic (exact) mass is 286 g/mol. The number of aryl methyl sites for hydroxylation is 1. The molecule has 0 radical (unpaired) electrons. The van der Waals surface area contributed by atoms with Gasteiger partial charge in [-0.1, -0.05) is 18.2 Å². The Morgan fingerprint density at radius 2 is 2.19 bits per heavy atom. The largest absolute Gasteiger partial charge is 0.484 e. The van der Waals surface area contributed by atoms with Crippen LogP contribution >= 0.6 is 0 Å². The smallest absolute Gasteiger partial charge is 0.277 e. The lowest BCUT2D eigenvalue weighted by atomic mass is 10.3. The number of benzene rings is 1. The van der Waals surface area contributed by atoms with Crippen molar-refractivity contribution in [1.29, 1.82) is 0 Å². The van der Waals surface area contributed by atoms with Gasteiger partial charge in [0.1, 0.15) is 5.75 Å². The molecule has 0 aliphatic carbocycles. The Bertz CT molecular complexity index is 620. The molecule has 0 aliphatic rings. The van der Waals surface area contributed by atoms with Crippen molar-refractivity contribution in [3.05, 3.63) is 47.8 Å². The van der Waals surface area contributed by atoms with Crippen molar-refractivity contribution < 1.29 is 9.53 Å². The molecule has 0 atom stereocenters. The van der Waals surface area contributed by atoms with Crippen LogP contribution in [-0.2, 0) is 11.3 Å². The van der Waals surface area contributed by atoms with Gasteiger partial charge in [-0.3, -0.25) is 9.48 Å². The zero-order chi connectivity index (χ0) is 15.1. The van der Waals surface area contributed by atoms with Crippen molar-refractivity contribution in [3.63, 3.8) is 0 Å². The third-order valence-electron chi connectivity index (χ3n) is 2.95. The van der Waals surface area contributed by atoms with Crippen LogP contribution in [0.25, 0.3) is 0 Å². The van der Waals surface area contributed by atoms with E-state index in [1.807, 2.05) is 36.7 Å². The fraction of sp³-hybridized carbons (Fsp3) is 0.267. The molecule has 1 amide bonds. The minimum atomic E-state index is -0.310. The van der Waals surface area contributed by atoms with Gasteiger partial charge < -0.3 is 4.74 Å². The highest BCUT2D eigenvalue weighted by Crippen LogP contribution is 2.07. The summed E-state index contributed by atoms with van der Waals surface area (Å²) >= 11 is 0. The maximum Gasteiger partial charge on any atom is 0.277 e. The van der Waals surface area contributed by atoms with E-state index in [0.717, 1.165) is 17.8 Å². The Morgan fingerprint density at radius 3 is 2.86 bits per heavy atom. The summed E-state index contributed by atoms with van der Waals surface area (Å²) in [5, 5.41) is 8.10. The van der Waals surface area contributed by atoms with E-state index < -0.39 is 0 Å². The number of para-hydroxylation sites is 1. The molecule has 2 aromatic rings. The molecule has 110 valence electrons. The maximum atomic E-state index is 11.6. The molecule has 0 aliphatic heterocycles. The predicted octanol–water partition coefficient (Wildman–Crippen LogP) is 1.74. The minimum Gasteiger partial charge on any atom is -0.484 e. The van der Waals surface area contributed by atoms with Gasteiger partial charge in [-0.05, 0) is 26.0 Å². The first-order valence-corrected chi connectivity index (χ1v) is 6.73. The van der Waals surface area contributed by atoms with Crippen molar-refractivity contribution in [3.8, 4) is 5.75 Å². The molecule has 0 saturated heterocycles. The molecule has 6 heteroatoms. The first-order valence-electron chi connectivity index (χ1n) is 6.73. The van der Waals surface area contributed by atoms with E-state index in [9.17, 15) is 4.79 Å². The number of hydrazone groups is 1. The van der Waals surface area contributed by atoms with Crippen LogP contribution in [0.4, 0.5) is 0 Å². The van der Waals surface area contributed by atoms with Gasteiger partial charge in [0.05, 0.1) is 12.4 Å². The second-order valence-corrected chi connectivity index (χ2v) is 4.40. The zero-order valence-corrected chi connectivity index (χ0v) is 12.1. The van der Waals surface area contributed by atoms with Crippen LogP contribution in [0.3, 0.4) is 0 Å². The number of nitrogens with zero attached hydrogens (tertiary/aromatic N) is 3. The standard InChI is InChI=1S/C15H18N4O2/c1-3-19-12(2)13(10-17-19)9-16-18-15(20)11-21-14-7-5-4-6-8-14/h4-10H,3,11H2,1-2H3,(H,18,20)/b16-9+. The van der Waals surface area contributed by atoms with Crippen LogP contribution in [0.2, 0.25) is 0 Å². The number of nitrogens with one attached hydrogen (secondary N) is 1. The van der Waals surface area contributed by atoms with Crippen LogP contribution in [0.1, 0.15) is 18.2 Å². The first kappa shape index (κ1) is 14.8. The van der Waals surface area contributed by atoms with E-state index in [2.05, 4.69) is 15.6 Å². The highest BCUT2D eigenvalue weighted by atomic mass is 16.5. The molecule has 0 fully saturated rings. The fourth-order valence-electron chi connectivity index (χ4n) is 1.78. The van der Waals surface area contributed by atoms with Crippen molar-refractivity contribution in [2.24, 2.45) is 5.10 Å². The molecule has 1 aromatic heterocycles. The molecule has 0 spiro atoms. The van der Waals surface area contributed by atoms with Gasteiger partial charge in [0.25, 0.3) is 5.91 Å². The highest BCUT2D eigenvalue weighted by molar-refractivity contribution is 5.83. The quantitative estimate of drug-likeness (QED) is 0.649. The number of carbonyl (C=O) groups is 1. The number of amides is 1. The Morgan fingerprint density at radius 1 is 1.43 bits per heavy atom. The predicted molar refractivity (Wildman–Crippen MR) is 80.3 cm³/mol. The van der Waals surface area contributed by atoms with E-state index in [0.29, 0.717) is 5.75 Å². The molecular formula is C15H18N4O2. The van der Waals surface area contributed by atoms with Crippen molar-refractivity contribution >= 4 is 12.1 Å². The molecular weight excluding hydrogens is 268 g/mol. The Kier molecular flexibility index (Phi) is 5.09. The summed E-state index contributed by atoms with van der Waals surface area (Å²) in [5.41, 5.74) is 4.31. The second-order valence-electron chi connectivity index (χ2n) is 4.40. The lowest BCUT2D eigenvalue weighted by molar-refractivity contribution is -0.123. The minimum absolute atomic E-state index is 0.0748. The average Bonchev–Trinajstić information content (AvgIpc) is 2.87. The van der Waals surface area contributed by atoms with Crippen molar-refractivity contribution in [2.45, 2.75) is 20.4 Å². The van der Waals surface area contributed by atoms with Crippen molar-refractivity contribution in [1.82, 2.24) is 15.2 Å². The van der Waals surface area contributed by atoms with E-state index >= 15 is 0 Å². The molecule has 0 bridgehead atoms. The lowest BCUT2D eigenvalue weighted by Gasteiger charge is -2.04. The average molecular weight is 286 g/mol. The summed E-state index contributed by atoms with van der Waals surface area (Å²) in [4.78, 5) is 11.6. The van der Waals surface area contributed by atoms with Crippen LogP contribution in [0, 0.1) is 6.92 Å². The molecule has 1 heterocycles. The lowest BCUT2D eigenvalue weighted by Crippen LogP contribution is -2.24. The Hall–Kier alpha value is -2.63. The van der Waals surface area contributed by atoms with Gasteiger partial charge in [0.2, 0.25) is 0 Å². The Labute approximate surface area is 123 Å². The van der Waals surface area contributed by atoms with Gasteiger partial charge in [-0.2, -0.15) is 10.2 Å². The SMILES string of the molecule is CCn1ncc(/C=N/NC(=O)COc2ccccc2)c1C. The molecule has 2 rings (SSSR count). The van der Waals surface area contributed by atoms with Gasteiger partial charge >= 0.3 is 0 Å². The number of rotatable bonds is 6. The summed E-state index contributed by atoms with van der Waals surface area (Å²) in [5.74, 6) is 0.340. The summed E-state index contributed by atoms with van der Waals surface area (Å²) in [7, 11) is 0. The summed E-state index contributed by atoms with van der Waals surface area (Å²) in [6.07, 6.45) is 3.30. The maximum absolute atomic E-state index is 11.6. The second kappa shape index (κ2) is 7.23. The molecule has 0 saturated carbocycles. The van der Waals surface area contributed by atoms with Gasteiger partial charge in [0, 0.05) is 17.8 Å². The topological polar surface area (TPSA) is 68.5 Å². The van der Waals surface area contributed by atoms with E-state index in [4.69, 9.17) is 4.74 Å². The van der Waals surface area contributed by atoms with Gasteiger partial charge in [-0.15, -0.1) is 0 Å². The number of carbonyl (C=O) groups excluding carboxylic acids is 1. The highest BCUT2D eigenvalue weighted by Gasteiger charge is 2.03. The summed E-state index contributed by atoms with van der Waals surface area (Å²) < 4.78 is 7.18. The van der Waals surface area contributed by atoms with Crippen molar-refractivity contribution in [2.75, 3.05) is 6.61 Å². The summed E-state index contributed by atoms with van der Waals surface area (Å²) in [6, 6.07) is 9.16.